The molecule has 7 atom stereocenters. The topological polar surface area (TPSA) is 207 Å². The maximum absolute atomic E-state index is 15.7. The van der Waals surface area contributed by atoms with Crippen molar-refractivity contribution in [2.24, 2.45) is 29.1 Å². The van der Waals surface area contributed by atoms with E-state index in [1.807, 2.05) is 30.0 Å². The Labute approximate surface area is 661 Å². The molecule has 4 bridgehead atoms. The van der Waals surface area contributed by atoms with Gasteiger partial charge in [0, 0.05) is 86.7 Å². The number of carbonyl (C=O) groups excluding carboxylic acids is 3. The highest BCUT2D eigenvalue weighted by atomic mass is 35.5. The Morgan fingerprint density at radius 2 is 0.894 bits per heavy atom. The summed E-state index contributed by atoms with van der Waals surface area (Å²) in [5.74, 6) is -6.75. The van der Waals surface area contributed by atoms with Crippen molar-refractivity contribution in [1.82, 2.24) is 24.5 Å². The minimum Gasteiger partial charge on any atom is -0.493 e. The van der Waals surface area contributed by atoms with E-state index in [4.69, 9.17) is 37.4 Å². The number of nitrogens with zero attached hydrogens (tertiary/aromatic N) is 5. The summed E-state index contributed by atoms with van der Waals surface area (Å²) in [5, 5.41) is 29.0. The Hall–Kier alpha value is -7.81. The van der Waals surface area contributed by atoms with Crippen LogP contribution in [0, 0.1) is 59.3 Å². The molecule has 113 heavy (non-hydrogen) atoms. The number of likely N-dealkylation sites (tertiary alicyclic amines) is 5. The van der Waals surface area contributed by atoms with Crippen LogP contribution in [0.4, 0.5) is 39.5 Å². The first-order valence-electron chi connectivity index (χ1n) is 39.2. The molecule has 17 rings (SSSR count). The van der Waals surface area contributed by atoms with E-state index in [0.29, 0.717) is 67.8 Å². The Balaban J connectivity index is 0.000000148. The molecule has 0 radical (unpaired) electrons. The largest absolute Gasteiger partial charge is 0.493 e. The molecule has 0 unspecified atom stereocenters. The minimum absolute atomic E-state index is 0. The monoisotopic (exact) mass is 1620 g/mol. The average molecular weight is 1620 g/mol. The summed E-state index contributed by atoms with van der Waals surface area (Å²) >= 11 is 12.2. The predicted octanol–water partition coefficient (Wildman–Crippen LogP) is 17.0. The molecular weight excluding hydrogens is 1520 g/mol. The first-order valence-corrected chi connectivity index (χ1v) is 40.0. The van der Waals surface area contributed by atoms with Crippen LogP contribution in [0.2, 0.25) is 10.0 Å². The van der Waals surface area contributed by atoms with Gasteiger partial charge in [-0.15, -0.1) is 0 Å². The van der Waals surface area contributed by atoms with Crippen LogP contribution in [0.5, 0.6) is 17.2 Å². The van der Waals surface area contributed by atoms with Crippen LogP contribution in [0.3, 0.4) is 0 Å². The van der Waals surface area contributed by atoms with E-state index >= 15 is 22.0 Å². The van der Waals surface area contributed by atoms with Gasteiger partial charge in [-0.1, -0.05) is 55.8 Å². The van der Waals surface area contributed by atoms with Gasteiger partial charge in [-0.05, 0) is 215 Å². The van der Waals surface area contributed by atoms with Gasteiger partial charge in [0.15, 0.2) is 0 Å². The normalized spacial score (nSPS) is 27.5. The van der Waals surface area contributed by atoms with Gasteiger partial charge in [-0.3, -0.25) is 24.2 Å². The molecule has 12 aliphatic rings. The molecule has 12 fully saturated rings. The van der Waals surface area contributed by atoms with Gasteiger partial charge in [0.2, 0.25) is 0 Å². The molecular formula is C85H98Cl2F9N5O12. The Morgan fingerprint density at radius 3 is 1.28 bits per heavy atom. The van der Waals surface area contributed by atoms with Crippen molar-refractivity contribution in [1.29, 1.82) is 0 Å². The summed E-state index contributed by atoms with van der Waals surface area (Å²) in [6.45, 7) is 5.45. The van der Waals surface area contributed by atoms with Gasteiger partial charge in [-0.25, -0.2) is 53.9 Å². The smallest absolute Gasteiger partial charge is 0.326 e. The van der Waals surface area contributed by atoms with E-state index in [0.717, 1.165) is 105 Å². The van der Waals surface area contributed by atoms with Crippen LogP contribution in [-0.2, 0) is 27.5 Å². The van der Waals surface area contributed by atoms with Crippen LogP contribution >= 0.6 is 23.2 Å². The summed E-state index contributed by atoms with van der Waals surface area (Å²) in [4.78, 5) is 80.8. The highest BCUT2D eigenvalue weighted by molar-refractivity contribution is 6.31. The first-order chi connectivity index (χ1) is 53.3. The quantitative estimate of drug-likeness (QED) is 0.0551. The second-order valence-electron chi connectivity index (χ2n) is 33.8. The van der Waals surface area contributed by atoms with Crippen LogP contribution in [0.25, 0.3) is 0 Å². The third-order valence-corrected chi connectivity index (χ3v) is 25.7. The number of aliphatic carboxylic acids is 3. The summed E-state index contributed by atoms with van der Waals surface area (Å²) in [5.41, 5.74) is 1.02. The van der Waals surface area contributed by atoms with Gasteiger partial charge in [0.05, 0.1) is 48.0 Å². The number of aryl methyl sites for hydroxylation is 1. The van der Waals surface area contributed by atoms with E-state index in [1.165, 1.54) is 69.7 Å². The van der Waals surface area contributed by atoms with Gasteiger partial charge in [0.1, 0.15) is 102 Å². The molecule has 5 aromatic rings. The number of hydrogen-bond acceptors (Lipinski definition) is 11. The molecule has 0 spiro atoms. The summed E-state index contributed by atoms with van der Waals surface area (Å²) in [6, 6.07) is 14.1. The zero-order valence-electron chi connectivity index (χ0n) is 62.6. The average Bonchev–Trinajstić information content (AvgIpc) is 1.53. The molecule has 7 aliphatic carbocycles. The number of rotatable bonds is 22. The fourth-order valence-corrected chi connectivity index (χ4v) is 19.2. The number of carboxylic acids is 3. The van der Waals surface area contributed by atoms with E-state index in [9.17, 15) is 61.6 Å². The number of carbonyl (C=O) groups is 6. The Kier molecular flexibility index (Phi) is 24.9. The minimum atomic E-state index is -1.64. The summed E-state index contributed by atoms with van der Waals surface area (Å²) in [7, 11) is 0. The Bertz CT molecular complexity index is 4380. The first kappa shape index (κ1) is 83.1. The van der Waals surface area contributed by atoms with Crippen molar-refractivity contribution >= 4 is 58.8 Å². The van der Waals surface area contributed by atoms with Crippen LogP contribution in [0.1, 0.15) is 212 Å². The highest BCUT2D eigenvalue weighted by Gasteiger charge is 2.53. The van der Waals surface area contributed by atoms with Crippen LogP contribution in [0.15, 0.2) is 72.8 Å². The zero-order valence-corrected chi connectivity index (χ0v) is 64.1. The van der Waals surface area contributed by atoms with Crippen LogP contribution < -0.4 is 14.2 Å². The lowest BCUT2D eigenvalue weighted by molar-refractivity contribution is -0.143. The molecule has 5 heterocycles. The van der Waals surface area contributed by atoms with Crippen molar-refractivity contribution < 1.29 is 97.8 Å². The predicted molar refractivity (Wildman–Crippen MR) is 404 cm³/mol. The van der Waals surface area contributed by atoms with E-state index < -0.39 is 126 Å². The van der Waals surface area contributed by atoms with E-state index in [2.05, 4.69) is 4.90 Å². The number of carboxylic acid groups (broad SMARTS) is 3. The number of alkyl halides is 5. The molecule has 5 saturated heterocycles. The molecule has 3 amide bonds. The maximum Gasteiger partial charge on any atom is 0.326 e. The maximum atomic E-state index is 15.7. The van der Waals surface area contributed by atoms with Gasteiger partial charge < -0.3 is 44.2 Å². The Morgan fingerprint density at radius 1 is 0.487 bits per heavy atom. The van der Waals surface area contributed by atoms with E-state index in [-0.39, 0.29) is 122 Å². The number of amides is 3. The zero-order chi connectivity index (χ0) is 79.6. The molecule has 3 N–H and O–H groups in total. The molecule has 28 heteroatoms. The van der Waals surface area contributed by atoms with Gasteiger partial charge in [-0.2, -0.15) is 0 Å². The van der Waals surface area contributed by atoms with Crippen LogP contribution in [-0.4, -0.2) is 189 Å². The van der Waals surface area contributed by atoms with Crippen molar-refractivity contribution in [2.45, 2.75) is 216 Å². The van der Waals surface area contributed by atoms with Crippen molar-refractivity contribution in [3.63, 3.8) is 0 Å². The summed E-state index contributed by atoms with van der Waals surface area (Å²) in [6.07, 6.45) is 8.60. The fourth-order valence-electron chi connectivity index (χ4n) is 18.7. The lowest BCUT2D eigenvalue weighted by atomic mass is 9.50. The second kappa shape index (κ2) is 33.8. The SMILES string of the molecule is C.C[C@@H]1[C@@H](C(=O)O)N(C(=O)c2cc(C3CC3)c(OCC34CC5CC(CC(C5)C3)C4)cc2F)C[C@@H]1F.Cc1ccc(CN2CCC(F)(COc3cc(F)c(C(=O)N4C[C@H](F)C[C@H]4C(=O)O)cc3C3CC3)CC2)c(Cl)c1.O=C(O)[C@@H]1C[C@@H](F)CN1C(=O)c1cc(C2CC2)c(OCC2(F)CCN(Cc3ccc(F)c(Cl)c3)CC2)cc1F. The molecule has 5 aromatic carbocycles. The molecule has 5 aliphatic heterocycles. The lowest BCUT2D eigenvalue weighted by Crippen LogP contribution is -2.48. The van der Waals surface area contributed by atoms with Crippen molar-refractivity contribution in [2.75, 3.05) is 65.6 Å². The number of benzene rings is 5. The fraction of sp³-hybridized carbons (Fsp3) is 0.576. The molecule has 17 nitrogen and oxygen atoms in total. The number of hydrogen-bond donors (Lipinski definition) is 3. The van der Waals surface area contributed by atoms with Gasteiger partial charge in [0.25, 0.3) is 17.7 Å². The number of piperidine rings is 2. The third kappa shape index (κ3) is 18.9. The number of halogens is 11. The third-order valence-electron chi connectivity index (χ3n) is 25.1. The summed E-state index contributed by atoms with van der Waals surface area (Å²) < 4.78 is 150. The number of ether oxygens (including phenoxy) is 3. The van der Waals surface area contributed by atoms with Crippen molar-refractivity contribution in [3.05, 3.63) is 156 Å². The molecule has 7 saturated carbocycles. The second-order valence-corrected chi connectivity index (χ2v) is 34.6. The molecule has 612 valence electrons. The standard InChI is InChI=1S/C29H32ClF3N2O4.C28H29ClF4N2O4.C27H33F2NO4.CH4/c1-17-2-3-19(23(30)10-17)14-34-8-6-29(33,7-9-34)16-39-26-13-24(32)22(12-21(26)18-4-5-18)27(36)35-15-20(31)11-25(35)28(37)38;29-21-9-16(1-4-22(21)31)13-34-7-5-28(33,6-8-34)15-39-25-12-23(32)20(11-19(25)17-2-3-17)26(36)35-14-18(30)10-24(35)27(37)38;1-14-22(29)12-30(24(14)26(32)33)25(31)20-7-19(18-2-3-18)23(8-21(20)28)34-13-27-9-15-4-16(10-27)6-17(5-15)11-27;/h2-3,10,12-13,18,20,25H,4-9,11,14-16H2,1H3,(H,37,38);1,4,9,11-12,17-18,24H,2-3,5-8,10,13-15H2,(H,37,38);7-8,14-18,22,24H,2-6,9-13H2,1H3,(H,32,33);1H4/t20-,25+;18-,24+;14-,15?,16?,17?,22-,24-,27?;/m110./s1. The lowest BCUT2D eigenvalue weighted by Gasteiger charge is -2.56. The van der Waals surface area contributed by atoms with Gasteiger partial charge >= 0.3 is 17.9 Å². The highest BCUT2D eigenvalue weighted by Crippen LogP contribution is 2.61. The molecule has 0 aromatic heterocycles. The van der Waals surface area contributed by atoms with Crippen molar-refractivity contribution in [3.8, 4) is 17.2 Å². The van der Waals surface area contributed by atoms with E-state index in [1.54, 1.807) is 18.2 Å².